The van der Waals surface area contributed by atoms with Gasteiger partial charge in [-0.2, -0.15) is 11.8 Å². The molecule has 0 saturated carbocycles. The number of carbonyl (C=O) groups is 1. The van der Waals surface area contributed by atoms with E-state index in [1.807, 2.05) is 34.9 Å². The molecule has 0 radical (unpaired) electrons. The lowest BCUT2D eigenvalue weighted by Crippen LogP contribution is -2.50. The second-order valence-corrected chi connectivity index (χ2v) is 7.21. The number of morpholine rings is 1. The molecule has 1 aromatic rings. The van der Waals surface area contributed by atoms with Crippen molar-refractivity contribution in [3.63, 3.8) is 0 Å². The first-order valence-corrected chi connectivity index (χ1v) is 9.16. The lowest BCUT2D eigenvalue weighted by atomic mass is 10.1. The average molecular weight is 320 g/mol. The van der Waals surface area contributed by atoms with E-state index in [9.17, 15) is 4.79 Å². The zero-order chi connectivity index (χ0) is 15.4. The van der Waals surface area contributed by atoms with Crippen molar-refractivity contribution in [2.24, 2.45) is 0 Å². The third kappa shape index (κ3) is 3.83. The molecule has 1 aromatic carbocycles. The number of benzene rings is 1. The Labute approximate surface area is 136 Å². The van der Waals surface area contributed by atoms with Gasteiger partial charge in [-0.25, -0.2) is 0 Å². The van der Waals surface area contributed by atoms with Crippen LogP contribution in [-0.2, 0) is 9.53 Å². The Morgan fingerprint density at radius 1 is 1.41 bits per heavy atom. The lowest BCUT2D eigenvalue weighted by Gasteiger charge is -2.39. The van der Waals surface area contributed by atoms with E-state index >= 15 is 0 Å². The number of amides is 1. The van der Waals surface area contributed by atoms with Gasteiger partial charge in [0, 0.05) is 30.5 Å². The summed E-state index contributed by atoms with van der Waals surface area (Å²) in [4.78, 5) is 14.7. The quantitative estimate of drug-likeness (QED) is 0.926. The van der Waals surface area contributed by atoms with Gasteiger partial charge in [-0.05, 0) is 12.5 Å². The minimum Gasteiger partial charge on any atom is -0.370 e. The number of hydrogen-bond acceptors (Lipinski definition) is 4. The van der Waals surface area contributed by atoms with Gasteiger partial charge in [0.2, 0.25) is 5.91 Å². The number of ether oxygens (including phenoxy) is 1. The van der Waals surface area contributed by atoms with Gasteiger partial charge >= 0.3 is 0 Å². The summed E-state index contributed by atoms with van der Waals surface area (Å²) in [5.74, 6) is 2.43. The molecule has 3 rings (SSSR count). The first-order valence-electron chi connectivity index (χ1n) is 8.01. The molecule has 0 bridgehead atoms. The second kappa shape index (κ2) is 7.49. The van der Waals surface area contributed by atoms with E-state index in [1.165, 1.54) is 0 Å². The van der Waals surface area contributed by atoms with Crippen LogP contribution in [0.3, 0.4) is 0 Å². The van der Waals surface area contributed by atoms with Crippen molar-refractivity contribution in [3.05, 3.63) is 35.9 Å². The fraction of sp³-hybridized carbons (Fsp3) is 0.588. The maximum absolute atomic E-state index is 12.7. The molecule has 1 N–H and O–H groups in total. The fourth-order valence-electron chi connectivity index (χ4n) is 3.05. The minimum absolute atomic E-state index is 0.00459. The van der Waals surface area contributed by atoms with E-state index in [2.05, 4.69) is 24.4 Å². The van der Waals surface area contributed by atoms with Gasteiger partial charge in [-0.3, -0.25) is 4.79 Å². The lowest BCUT2D eigenvalue weighted by molar-refractivity contribution is -0.144. The highest BCUT2D eigenvalue weighted by molar-refractivity contribution is 7.99. The maximum atomic E-state index is 12.7. The van der Waals surface area contributed by atoms with Gasteiger partial charge in [-0.1, -0.05) is 30.3 Å². The number of hydrogen-bond donors (Lipinski definition) is 1. The second-order valence-electron chi connectivity index (χ2n) is 6.06. The van der Waals surface area contributed by atoms with Crippen LogP contribution in [0.25, 0.3) is 0 Å². The van der Waals surface area contributed by atoms with Crippen LogP contribution in [-0.4, -0.2) is 54.1 Å². The number of thioether (sulfide) groups is 1. The van der Waals surface area contributed by atoms with Gasteiger partial charge in [0.25, 0.3) is 0 Å². The Balaban J connectivity index is 1.62. The van der Waals surface area contributed by atoms with E-state index in [0.29, 0.717) is 25.6 Å². The van der Waals surface area contributed by atoms with E-state index < -0.39 is 0 Å². The molecule has 4 nitrogen and oxygen atoms in total. The summed E-state index contributed by atoms with van der Waals surface area (Å²) < 4.78 is 5.93. The molecular weight excluding hydrogens is 296 g/mol. The summed E-state index contributed by atoms with van der Waals surface area (Å²) in [6.45, 7) is 4.35. The van der Waals surface area contributed by atoms with Crippen molar-refractivity contribution in [1.29, 1.82) is 0 Å². The molecule has 2 saturated heterocycles. The van der Waals surface area contributed by atoms with Gasteiger partial charge in [0.1, 0.15) is 6.10 Å². The topological polar surface area (TPSA) is 41.6 Å². The van der Waals surface area contributed by atoms with Crippen LogP contribution < -0.4 is 5.32 Å². The van der Waals surface area contributed by atoms with Gasteiger partial charge in [0.05, 0.1) is 19.2 Å². The normalized spacial score (nSPS) is 29.3. The smallest absolute Gasteiger partial charge is 0.224 e. The van der Waals surface area contributed by atoms with Crippen LogP contribution in [0.5, 0.6) is 0 Å². The predicted molar refractivity (Wildman–Crippen MR) is 90.0 cm³/mol. The highest BCUT2D eigenvalue weighted by Gasteiger charge is 2.31. The van der Waals surface area contributed by atoms with Gasteiger partial charge < -0.3 is 15.0 Å². The van der Waals surface area contributed by atoms with E-state index in [4.69, 9.17) is 4.74 Å². The van der Waals surface area contributed by atoms with Crippen molar-refractivity contribution >= 4 is 17.7 Å². The molecule has 2 aliphatic heterocycles. The SMILES string of the molecule is C[C@@H]1CO[C@H](c2ccccc2)CN1C(=O)C[C@@H]1CSCCN1. The fourth-order valence-corrected chi connectivity index (χ4v) is 4.00. The zero-order valence-corrected chi connectivity index (χ0v) is 13.8. The minimum atomic E-state index is -0.00459. The molecular formula is C17H24N2O2S. The van der Waals surface area contributed by atoms with E-state index in [-0.39, 0.29) is 18.1 Å². The van der Waals surface area contributed by atoms with Crippen molar-refractivity contribution < 1.29 is 9.53 Å². The highest BCUT2D eigenvalue weighted by atomic mass is 32.2. The van der Waals surface area contributed by atoms with Crippen LogP contribution in [0.15, 0.2) is 30.3 Å². The standard InChI is InChI=1S/C17H24N2O2S/c1-13-11-21-16(14-5-3-2-4-6-14)10-19(13)17(20)9-15-12-22-8-7-18-15/h2-6,13,15-16,18H,7-12H2,1H3/t13-,15-,16+/m1/s1. The molecule has 0 unspecified atom stereocenters. The molecule has 0 aliphatic carbocycles. The third-order valence-electron chi connectivity index (χ3n) is 4.34. The van der Waals surface area contributed by atoms with E-state index in [0.717, 1.165) is 23.6 Å². The van der Waals surface area contributed by atoms with Crippen LogP contribution in [0, 0.1) is 0 Å². The first kappa shape index (κ1) is 15.8. The molecule has 120 valence electrons. The number of carbonyl (C=O) groups excluding carboxylic acids is 1. The number of rotatable bonds is 3. The van der Waals surface area contributed by atoms with Crippen molar-refractivity contribution in [3.8, 4) is 0 Å². The van der Waals surface area contributed by atoms with Crippen LogP contribution >= 0.6 is 11.8 Å². The first-order chi connectivity index (χ1) is 10.7. The Morgan fingerprint density at radius 3 is 2.95 bits per heavy atom. The summed E-state index contributed by atoms with van der Waals surface area (Å²) in [6, 6.07) is 10.7. The largest absolute Gasteiger partial charge is 0.370 e. The summed E-state index contributed by atoms with van der Waals surface area (Å²) >= 11 is 1.93. The molecule has 2 aliphatic rings. The molecule has 0 spiro atoms. The van der Waals surface area contributed by atoms with Gasteiger partial charge in [0.15, 0.2) is 0 Å². The molecule has 5 heteroatoms. The molecule has 2 fully saturated rings. The van der Waals surface area contributed by atoms with Crippen LogP contribution in [0.2, 0.25) is 0 Å². The Morgan fingerprint density at radius 2 is 2.23 bits per heavy atom. The summed E-state index contributed by atoms with van der Waals surface area (Å²) in [7, 11) is 0. The average Bonchev–Trinajstić information content (AvgIpc) is 2.57. The van der Waals surface area contributed by atoms with Gasteiger partial charge in [-0.15, -0.1) is 0 Å². The van der Waals surface area contributed by atoms with Crippen LogP contribution in [0.4, 0.5) is 0 Å². The Bertz CT molecular complexity index is 491. The highest BCUT2D eigenvalue weighted by Crippen LogP contribution is 2.25. The summed E-state index contributed by atoms with van der Waals surface area (Å²) in [5, 5.41) is 3.45. The maximum Gasteiger partial charge on any atom is 0.224 e. The van der Waals surface area contributed by atoms with Crippen molar-refractivity contribution in [2.75, 3.05) is 31.2 Å². The Hall–Kier alpha value is -1.04. The Kier molecular flexibility index (Phi) is 5.39. The molecule has 2 heterocycles. The molecule has 0 aromatic heterocycles. The summed E-state index contributed by atoms with van der Waals surface area (Å²) in [6.07, 6.45) is 0.591. The summed E-state index contributed by atoms with van der Waals surface area (Å²) in [5.41, 5.74) is 1.15. The molecule has 22 heavy (non-hydrogen) atoms. The molecule has 3 atom stereocenters. The number of nitrogens with one attached hydrogen (secondary N) is 1. The zero-order valence-electron chi connectivity index (χ0n) is 13.0. The number of nitrogens with zero attached hydrogens (tertiary/aromatic N) is 1. The third-order valence-corrected chi connectivity index (χ3v) is 5.48. The monoisotopic (exact) mass is 320 g/mol. The van der Waals surface area contributed by atoms with Crippen molar-refractivity contribution in [1.82, 2.24) is 10.2 Å². The predicted octanol–water partition coefficient (Wildman–Crippen LogP) is 2.07. The molecule has 1 amide bonds. The van der Waals surface area contributed by atoms with Crippen molar-refractivity contribution in [2.45, 2.75) is 31.5 Å². The van der Waals surface area contributed by atoms with Crippen LogP contribution in [0.1, 0.15) is 25.0 Å². The van der Waals surface area contributed by atoms with E-state index in [1.54, 1.807) is 0 Å².